The molecule has 1 aromatic heterocycles. The summed E-state index contributed by atoms with van der Waals surface area (Å²) in [5.74, 6) is -0.168. The topological polar surface area (TPSA) is 96.5 Å². The average molecular weight is 321 g/mol. The van der Waals surface area contributed by atoms with Crippen LogP contribution in [0.4, 0.5) is 10.5 Å². The Hall–Kier alpha value is -2.28. The van der Waals surface area contributed by atoms with E-state index >= 15 is 0 Å². The third-order valence-electron chi connectivity index (χ3n) is 3.84. The zero-order chi connectivity index (χ0) is 16.8. The van der Waals surface area contributed by atoms with Crippen molar-refractivity contribution < 1.29 is 14.3 Å². The number of oxazole rings is 1. The maximum atomic E-state index is 12.0. The normalized spacial score (nSPS) is 12.3. The molecule has 3 N–H and O–H groups in total. The molecular weight excluding hydrogens is 298 g/mol. The molecule has 2 aromatic rings. The summed E-state index contributed by atoms with van der Waals surface area (Å²) in [5.41, 5.74) is 1.66. The third kappa shape index (κ3) is 4.35. The van der Waals surface area contributed by atoms with Gasteiger partial charge in [0.1, 0.15) is 0 Å². The van der Waals surface area contributed by atoms with Gasteiger partial charge in [-0.3, -0.25) is 4.57 Å². The predicted octanol–water partition coefficient (Wildman–Crippen LogP) is 2.05. The van der Waals surface area contributed by atoms with Gasteiger partial charge in [-0.1, -0.05) is 13.3 Å². The Balaban J connectivity index is 1.96. The summed E-state index contributed by atoms with van der Waals surface area (Å²) in [4.78, 5) is 23.4. The van der Waals surface area contributed by atoms with Crippen molar-refractivity contribution in [1.29, 1.82) is 0 Å². The van der Waals surface area contributed by atoms with Crippen LogP contribution in [0.3, 0.4) is 0 Å². The van der Waals surface area contributed by atoms with E-state index in [4.69, 9.17) is 9.52 Å². The number of aryl methyl sites for hydroxylation is 1. The van der Waals surface area contributed by atoms with E-state index in [-0.39, 0.29) is 18.6 Å². The van der Waals surface area contributed by atoms with Gasteiger partial charge < -0.3 is 20.2 Å². The lowest BCUT2D eigenvalue weighted by molar-refractivity contribution is 0.237. The number of hydrogen-bond acceptors (Lipinski definition) is 4. The largest absolute Gasteiger partial charge is 0.419 e. The minimum atomic E-state index is -0.437. The van der Waals surface area contributed by atoms with Gasteiger partial charge in [-0.15, -0.1) is 0 Å². The lowest BCUT2D eigenvalue weighted by atomic mass is 10.0. The molecule has 1 unspecified atom stereocenters. The number of hydrogen-bond donors (Lipinski definition) is 3. The molecule has 2 amide bonds. The number of carbonyl (C=O) groups excluding carboxylic acids is 1. The summed E-state index contributed by atoms with van der Waals surface area (Å²) in [6.07, 6.45) is 2.65. The molecule has 0 fully saturated rings. The van der Waals surface area contributed by atoms with E-state index in [1.807, 2.05) is 0 Å². The first-order valence-corrected chi connectivity index (χ1v) is 7.80. The molecule has 1 heterocycles. The fraction of sp³-hybridized carbons (Fsp3) is 0.500. The fourth-order valence-electron chi connectivity index (χ4n) is 2.56. The van der Waals surface area contributed by atoms with E-state index < -0.39 is 5.76 Å². The van der Waals surface area contributed by atoms with Crippen molar-refractivity contribution in [2.24, 2.45) is 13.0 Å². The van der Waals surface area contributed by atoms with Gasteiger partial charge in [0.05, 0.1) is 5.52 Å². The van der Waals surface area contributed by atoms with Crippen LogP contribution in [0.1, 0.15) is 26.2 Å². The van der Waals surface area contributed by atoms with E-state index in [2.05, 4.69) is 17.6 Å². The molecule has 0 saturated heterocycles. The maximum Gasteiger partial charge on any atom is 0.419 e. The lowest BCUT2D eigenvalue weighted by Crippen LogP contribution is -2.33. The number of aliphatic hydroxyl groups excluding tert-OH is 1. The third-order valence-corrected chi connectivity index (χ3v) is 3.84. The second-order valence-corrected chi connectivity index (χ2v) is 5.61. The summed E-state index contributed by atoms with van der Waals surface area (Å²) in [7, 11) is 1.63. The summed E-state index contributed by atoms with van der Waals surface area (Å²) in [5, 5.41) is 14.5. The Kier molecular flexibility index (Phi) is 5.81. The number of amides is 2. The Labute approximate surface area is 134 Å². The van der Waals surface area contributed by atoms with Gasteiger partial charge in [-0.25, -0.2) is 9.59 Å². The molecule has 0 aliphatic heterocycles. The van der Waals surface area contributed by atoms with Gasteiger partial charge in [0.15, 0.2) is 5.58 Å². The van der Waals surface area contributed by atoms with E-state index in [1.165, 1.54) is 4.57 Å². The number of carbonyl (C=O) groups is 1. The van der Waals surface area contributed by atoms with Crippen molar-refractivity contribution in [2.75, 3.05) is 18.5 Å². The van der Waals surface area contributed by atoms with Gasteiger partial charge in [0.2, 0.25) is 0 Å². The molecule has 0 aliphatic rings. The van der Waals surface area contributed by atoms with Crippen LogP contribution in [-0.2, 0) is 7.05 Å². The van der Waals surface area contributed by atoms with E-state index in [0.29, 0.717) is 29.8 Å². The molecule has 23 heavy (non-hydrogen) atoms. The van der Waals surface area contributed by atoms with Crippen LogP contribution in [0, 0.1) is 5.92 Å². The molecular formula is C16H23N3O4. The van der Waals surface area contributed by atoms with Gasteiger partial charge >= 0.3 is 11.8 Å². The SMILES string of the molecule is CCCC(CCO)CNC(=O)Nc1ccc2c(c1)oc(=O)n2C. The average Bonchev–Trinajstić information content (AvgIpc) is 2.80. The van der Waals surface area contributed by atoms with Crippen LogP contribution in [0.25, 0.3) is 11.1 Å². The molecule has 0 saturated carbocycles. The molecule has 0 radical (unpaired) electrons. The highest BCUT2D eigenvalue weighted by Crippen LogP contribution is 2.17. The number of nitrogens with zero attached hydrogens (tertiary/aromatic N) is 1. The van der Waals surface area contributed by atoms with Crippen molar-refractivity contribution in [3.05, 3.63) is 28.7 Å². The van der Waals surface area contributed by atoms with Gasteiger partial charge in [0, 0.05) is 32.0 Å². The second-order valence-electron chi connectivity index (χ2n) is 5.61. The molecule has 126 valence electrons. The smallest absolute Gasteiger partial charge is 0.408 e. The summed E-state index contributed by atoms with van der Waals surface area (Å²) in [6.45, 7) is 2.72. The molecule has 0 aliphatic carbocycles. The number of anilines is 1. The van der Waals surface area contributed by atoms with Crippen LogP contribution in [0.5, 0.6) is 0 Å². The maximum absolute atomic E-state index is 12.0. The minimum Gasteiger partial charge on any atom is -0.408 e. The van der Waals surface area contributed by atoms with Crippen molar-refractivity contribution in [3.63, 3.8) is 0 Å². The van der Waals surface area contributed by atoms with Gasteiger partial charge in [-0.05, 0) is 30.9 Å². The first-order valence-electron chi connectivity index (χ1n) is 7.80. The number of aromatic nitrogens is 1. The number of nitrogens with one attached hydrogen (secondary N) is 2. The number of aliphatic hydroxyl groups is 1. The van der Waals surface area contributed by atoms with Crippen LogP contribution < -0.4 is 16.4 Å². The number of benzene rings is 1. The van der Waals surface area contributed by atoms with Crippen molar-refractivity contribution >= 4 is 22.8 Å². The summed E-state index contributed by atoms with van der Waals surface area (Å²) in [6, 6.07) is 4.74. The molecule has 2 rings (SSSR count). The van der Waals surface area contributed by atoms with Gasteiger partial charge in [-0.2, -0.15) is 0 Å². The van der Waals surface area contributed by atoms with E-state index in [0.717, 1.165) is 12.8 Å². The Morgan fingerprint density at radius 1 is 1.39 bits per heavy atom. The van der Waals surface area contributed by atoms with Crippen LogP contribution in [-0.4, -0.2) is 28.9 Å². The highest BCUT2D eigenvalue weighted by atomic mass is 16.4. The molecule has 7 nitrogen and oxygen atoms in total. The van der Waals surface area contributed by atoms with Crippen LogP contribution in [0.2, 0.25) is 0 Å². The van der Waals surface area contributed by atoms with Crippen LogP contribution in [0.15, 0.2) is 27.4 Å². The van der Waals surface area contributed by atoms with Crippen molar-refractivity contribution in [3.8, 4) is 0 Å². The monoisotopic (exact) mass is 321 g/mol. The molecule has 0 spiro atoms. The highest BCUT2D eigenvalue weighted by Gasteiger charge is 2.11. The quantitative estimate of drug-likeness (QED) is 0.727. The molecule has 7 heteroatoms. The summed E-state index contributed by atoms with van der Waals surface area (Å²) >= 11 is 0. The standard InChI is InChI=1S/C16H23N3O4/c1-3-4-11(7-8-20)10-17-15(21)18-12-5-6-13-14(9-12)23-16(22)19(13)2/h5-6,9,11,20H,3-4,7-8,10H2,1-2H3,(H2,17,18,21). The Bertz CT molecular complexity index is 714. The fourth-order valence-corrected chi connectivity index (χ4v) is 2.56. The first-order chi connectivity index (χ1) is 11.0. The lowest BCUT2D eigenvalue weighted by Gasteiger charge is -2.16. The Morgan fingerprint density at radius 2 is 2.17 bits per heavy atom. The highest BCUT2D eigenvalue weighted by molar-refractivity contribution is 5.91. The predicted molar refractivity (Wildman–Crippen MR) is 88.6 cm³/mol. The molecule has 0 bridgehead atoms. The Morgan fingerprint density at radius 3 is 2.87 bits per heavy atom. The van der Waals surface area contributed by atoms with Crippen molar-refractivity contribution in [1.82, 2.24) is 9.88 Å². The second kappa shape index (κ2) is 7.82. The van der Waals surface area contributed by atoms with Gasteiger partial charge in [0.25, 0.3) is 0 Å². The number of fused-ring (bicyclic) bond motifs is 1. The molecule has 1 atom stereocenters. The van der Waals surface area contributed by atoms with E-state index in [9.17, 15) is 9.59 Å². The first kappa shape index (κ1) is 17.1. The summed E-state index contributed by atoms with van der Waals surface area (Å²) < 4.78 is 6.50. The number of rotatable bonds is 7. The van der Waals surface area contributed by atoms with Crippen molar-refractivity contribution in [2.45, 2.75) is 26.2 Å². The van der Waals surface area contributed by atoms with Crippen LogP contribution >= 0.6 is 0 Å². The number of urea groups is 1. The zero-order valence-electron chi connectivity index (χ0n) is 13.5. The van der Waals surface area contributed by atoms with E-state index in [1.54, 1.807) is 25.2 Å². The minimum absolute atomic E-state index is 0.123. The molecule has 1 aromatic carbocycles. The zero-order valence-corrected chi connectivity index (χ0v) is 13.5.